The van der Waals surface area contributed by atoms with Crippen molar-refractivity contribution in [3.63, 3.8) is 0 Å². The summed E-state index contributed by atoms with van der Waals surface area (Å²) in [5, 5.41) is 5.98. The molecule has 2 aromatic rings. The first kappa shape index (κ1) is 19.0. The molecular formula is C18H15Cl3N2S2. The van der Waals surface area contributed by atoms with Crippen molar-refractivity contribution in [2.75, 3.05) is 12.5 Å². The van der Waals surface area contributed by atoms with Crippen LogP contribution in [0.2, 0.25) is 15.1 Å². The normalized spacial score (nSPS) is 19.9. The van der Waals surface area contributed by atoms with Crippen molar-refractivity contribution in [1.82, 2.24) is 5.32 Å². The molecule has 3 rings (SSSR count). The van der Waals surface area contributed by atoms with E-state index >= 15 is 0 Å². The van der Waals surface area contributed by atoms with Crippen LogP contribution in [-0.2, 0) is 4.87 Å². The maximum Gasteiger partial charge on any atom is 0.162 e. The molecule has 0 radical (unpaired) electrons. The van der Waals surface area contributed by atoms with Gasteiger partial charge >= 0.3 is 0 Å². The summed E-state index contributed by atoms with van der Waals surface area (Å²) in [5.74, 6) is 0. The summed E-state index contributed by atoms with van der Waals surface area (Å²) in [6, 6.07) is 13.3. The zero-order valence-electron chi connectivity index (χ0n) is 13.5. The van der Waals surface area contributed by atoms with Gasteiger partial charge in [0.1, 0.15) is 0 Å². The first-order chi connectivity index (χ1) is 12.0. The predicted octanol–water partition coefficient (Wildman–Crippen LogP) is 6.53. The standard InChI is InChI=1S/C18H15Cl3N2S2/c1-24-17-22-10-15(11-3-5-12(19)6-4-11)18(23-17,25-2)14-8-7-13(20)9-16(14)21/h3-10H,1-2H3,(H,22,23). The van der Waals surface area contributed by atoms with Gasteiger partial charge < -0.3 is 5.32 Å². The van der Waals surface area contributed by atoms with Gasteiger partial charge in [0.15, 0.2) is 10.0 Å². The molecule has 0 bridgehead atoms. The summed E-state index contributed by atoms with van der Waals surface area (Å²) in [4.78, 5) is 4.33. The van der Waals surface area contributed by atoms with E-state index in [2.05, 4.69) is 5.32 Å². The fourth-order valence-corrected chi connectivity index (χ4v) is 4.88. The molecule has 0 saturated heterocycles. The number of nitrogens with one attached hydrogen (secondary N) is 1. The fraction of sp³-hybridized carbons (Fsp3) is 0.167. The van der Waals surface area contributed by atoms with E-state index in [0.717, 1.165) is 21.9 Å². The van der Waals surface area contributed by atoms with Crippen LogP contribution >= 0.6 is 58.3 Å². The molecule has 0 spiro atoms. The molecule has 0 amide bonds. The maximum atomic E-state index is 6.56. The first-order valence-corrected chi connectivity index (χ1v) is 11.0. The van der Waals surface area contributed by atoms with Crippen LogP contribution in [0.4, 0.5) is 0 Å². The highest BCUT2D eigenvalue weighted by atomic mass is 35.5. The van der Waals surface area contributed by atoms with Gasteiger partial charge in [0.2, 0.25) is 0 Å². The number of aliphatic imine (C=N–C) groups is 1. The third-order valence-electron chi connectivity index (χ3n) is 3.90. The molecule has 0 fully saturated rings. The summed E-state index contributed by atoms with van der Waals surface area (Å²) in [7, 11) is 0. The monoisotopic (exact) mass is 428 g/mol. The van der Waals surface area contributed by atoms with Crippen molar-refractivity contribution in [1.29, 1.82) is 0 Å². The quantitative estimate of drug-likeness (QED) is 0.600. The van der Waals surface area contributed by atoms with E-state index in [1.165, 1.54) is 0 Å². The minimum absolute atomic E-state index is 0.591. The molecule has 1 unspecified atom stereocenters. The summed E-state index contributed by atoms with van der Waals surface area (Å²) < 4.78 is 0. The van der Waals surface area contributed by atoms with Crippen molar-refractivity contribution >= 4 is 69.1 Å². The van der Waals surface area contributed by atoms with E-state index in [9.17, 15) is 0 Å². The van der Waals surface area contributed by atoms with Gasteiger partial charge in [-0.1, -0.05) is 64.8 Å². The minimum Gasteiger partial charge on any atom is -0.341 e. The second-order valence-corrected chi connectivity index (χ2v) is 8.38. The number of hydrogen-bond donors (Lipinski definition) is 1. The molecule has 1 aliphatic heterocycles. The zero-order chi connectivity index (χ0) is 18.0. The Morgan fingerprint density at radius 1 is 0.960 bits per heavy atom. The summed E-state index contributed by atoms with van der Waals surface area (Å²) in [6.07, 6.45) is 6.01. The van der Waals surface area contributed by atoms with Crippen LogP contribution in [-0.4, -0.2) is 17.7 Å². The topological polar surface area (TPSA) is 24.4 Å². The second kappa shape index (κ2) is 7.85. The molecule has 2 nitrogen and oxygen atoms in total. The van der Waals surface area contributed by atoms with Gasteiger partial charge in [-0.15, -0.1) is 11.8 Å². The Morgan fingerprint density at radius 3 is 2.24 bits per heavy atom. The van der Waals surface area contributed by atoms with Crippen LogP contribution in [0, 0.1) is 0 Å². The summed E-state index contributed by atoms with van der Waals surface area (Å²) >= 11 is 21.9. The van der Waals surface area contributed by atoms with Crippen molar-refractivity contribution in [2.24, 2.45) is 4.99 Å². The highest BCUT2D eigenvalue weighted by Gasteiger charge is 2.40. The first-order valence-electron chi connectivity index (χ1n) is 7.38. The molecular weight excluding hydrogens is 415 g/mol. The van der Waals surface area contributed by atoms with E-state index in [0.29, 0.717) is 15.1 Å². The molecule has 1 atom stereocenters. The molecule has 0 saturated carbocycles. The lowest BCUT2D eigenvalue weighted by molar-refractivity contribution is 0.831. The number of amidine groups is 1. The van der Waals surface area contributed by atoms with E-state index in [1.807, 2.05) is 55.1 Å². The van der Waals surface area contributed by atoms with Gasteiger partial charge in [-0.2, -0.15) is 0 Å². The summed E-state index contributed by atoms with van der Waals surface area (Å²) in [6.45, 7) is 0. The smallest absolute Gasteiger partial charge is 0.162 e. The largest absolute Gasteiger partial charge is 0.341 e. The molecule has 0 aromatic heterocycles. The van der Waals surface area contributed by atoms with Crippen LogP contribution in [0.3, 0.4) is 0 Å². The van der Waals surface area contributed by atoms with Gasteiger partial charge in [-0.25, -0.2) is 4.99 Å². The van der Waals surface area contributed by atoms with Gasteiger partial charge in [0.05, 0.1) is 0 Å². The van der Waals surface area contributed by atoms with Crippen LogP contribution in [0.5, 0.6) is 0 Å². The third-order valence-corrected chi connectivity index (χ3v) is 6.42. The van der Waals surface area contributed by atoms with Crippen molar-refractivity contribution < 1.29 is 0 Å². The Bertz CT molecular complexity index is 850. The molecule has 130 valence electrons. The van der Waals surface area contributed by atoms with E-state index < -0.39 is 4.87 Å². The lowest BCUT2D eigenvalue weighted by Crippen LogP contribution is -2.32. The Morgan fingerprint density at radius 2 is 1.64 bits per heavy atom. The average Bonchev–Trinajstić information content (AvgIpc) is 2.62. The Labute approximate surface area is 171 Å². The Hall–Kier alpha value is -0.780. The van der Waals surface area contributed by atoms with Gasteiger partial charge in [0.25, 0.3) is 0 Å². The lowest BCUT2D eigenvalue weighted by Gasteiger charge is -2.35. The highest BCUT2D eigenvalue weighted by Crippen LogP contribution is 2.51. The minimum atomic E-state index is -0.668. The fourth-order valence-electron chi connectivity index (χ4n) is 2.72. The lowest BCUT2D eigenvalue weighted by atomic mass is 9.92. The molecule has 25 heavy (non-hydrogen) atoms. The van der Waals surface area contributed by atoms with Gasteiger partial charge in [-0.3, -0.25) is 0 Å². The van der Waals surface area contributed by atoms with Gasteiger partial charge in [-0.05, 0) is 42.3 Å². The van der Waals surface area contributed by atoms with E-state index in [4.69, 9.17) is 39.8 Å². The number of rotatable bonds is 3. The molecule has 1 aliphatic rings. The van der Waals surface area contributed by atoms with Crippen LogP contribution in [0.1, 0.15) is 11.1 Å². The Balaban J connectivity index is 2.22. The van der Waals surface area contributed by atoms with Crippen LogP contribution in [0.25, 0.3) is 5.57 Å². The summed E-state index contributed by atoms with van der Waals surface area (Å²) in [5.41, 5.74) is 2.94. The van der Waals surface area contributed by atoms with Crippen LogP contribution < -0.4 is 5.32 Å². The number of nitrogens with zero attached hydrogens (tertiary/aromatic N) is 1. The molecule has 2 aromatic carbocycles. The number of hydrogen-bond acceptors (Lipinski definition) is 4. The SMILES string of the molecule is CSC1=NC(SC)(c2ccc(Cl)cc2Cl)C(c2ccc(Cl)cc2)=CN1. The highest BCUT2D eigenvalue weighted by molar-refractivity contribution is 8.13. The average molecular weight is 430 g/mol. The number of benzene rings is 2. The number of thioether (sulfide) groups is 2. The van der Waals surface area contributed by atoms with E-state index in [-0.39, 0.29) is 0 Å². The van der Waals surface area contributed by atoms with E-state index in [1.54, 1.807) is 29.6 Å². The molecule has 7 heteroatoms. The van der Waals surface area contributed by atoms with Crippen molar-refractivity contribution in [3.05, 3.63) is 74.9 Å². The molecule has 1 heterocycles. The molecule has 1 N–H and O–H groups in total. The number of halogens is 3. The van der Waals surface area contributed by atoms with Crippen molar-refractivity contribution in [2.45, 2.75) is 4.87 Å². The Kier molecular flexibility index (Phi) is 5.96. The third kappa shape index (κ3) is 3.69. The maximum absolute atomic E-state index is 6.56. The van der Waals surface area contributed by atoms with Gasteiger partial charge in [0, 0.05) is 32.4 Å². The second-order valence-electron chi connectivity index (χ2n) is 5.30. The van der Waals surface area contributed by atoms with Crippen molar-refractivity contribution in [3.8, 4) is 0 Å². The predicted molar refractivity (Wildman–Crippen MR) is 115 cm³/mol. The van der Waals surface area contributed by atoms with Crippen LogP contribution in [0.15, 0.2) is 53.7 Å². The zero-order valence-corrected chi connectivity index (χ0v) is 17.4. The molecule has 0 aliphatic carbocycles.